The summed E-state index contributed by atoms with van der Waals surface area (Å²) in [5.74, 6) is 0.870. The van der Waals surface area contributed by atoms with Gasteiger partial charge in [0.2, 0.25) is 5.91 Å². The van der Waals surface area contributed by atoms with Gasteiger partial charge in [0.05, 0.1) is 13.0 Å². The van der Waals surface area contributed by atoms with Gasteiger partial charge in [0.1, 0.15) is 5.75 Å². The molecule has 0 aromatic heterocycles. The second-order valence-electron chi connectivity index (χ2n) is 5.53. The second-order valence-corrected chi connectivity index (χ2v) is 6.09. The highest BCUT2D eigenvalue weighted by atomic mass is 79.9. The van der Waals surface area contributed by atoms with Crippen molar-refractivity contribution in [2.45, 2.75) is 40.0 Å². The van der Waals surface area contributed by atoms with E-state index in [0.717, 1.165) is 29.5 Å². The number of rotatable bonds is 9. The number of alkyl halides is 1. The molecule has 0 spiro atoms. The van der Waals surface area contributed by atoms with Crippen LogP contribution in [0.15, 0.2) is 24.3 Å². The van der Waals surface area contributed by atoms with Crippen molar-refractivity contribution in [3.05, 3.63) is 29.8 Å². The van der Waals surface area contributed by atoms with Crippen LogP contribution in [0.2, 0.25) is 0 Å². The van der Waals surface area contributed by atoms with E-state index in [1.165, 1.54) is 0 Å². The maximum absolute atomic E-state index is 11.9. The molecule has 1 aromatic rings. The molecule has 21 heavy (non-hydrogen) atoms. The van der Waals surface area contributed by atoms with Crippen LogP contribution in [0.4, 0.5) is 0 Å². The monoisotopic (exact) mass is 355 g/mol. The van der Waals surface area contributed by atoms with E-state index in [1.807, 2.05) is 31.2 Å². The largest absolute Gasteiger partial charge is 0.493 e. The Morgan fingerprint density at radius 3 is 2.62 bits per heavy atom. The van der Waals surface area contributed by atoms with Crippen LogP contribution in [0, 0.1) is 12.3 Å². The zero-order valence-corrected chi connectivity index (χ0v) is 14.8. The molecular weight excluding hydrogens is 330 g/mol. The number of nitrogens with one attached hydrogen (secondary N) is 1. The van der Waals surface area contributed by atoms with Gasteiger partial charge in [-0.25, -0.2) is 0 Å². The fourth-order valence-electron chi connectivity index (χ4n) is 2.08. The Kier molecular flexibility index (Phi) is 7.79. The molecule has 0 radical (unpaired) electrons. The van der Waals surface area contributed by atoms with E-state index in [0.29, 0.717) is 19.6 Å². The third-order valence-corrected chi connectivity index (χ3v) is 5.22. The number of halogens is 1. The summed E-state index contributed by atoms with van der Waals surface area (Å²) < 4.78 is 5.60. The number of carbonyl (C=O) groups is 1. The maximum atomic E-state index is 11.9. The average Bonchev–Trinajstić information content (AvgIpc) is 2.49. The molecule has 0 bridgehead atoms. The molecule has 0 unspecified atom stereocenters. The summed E-state index contributed by atoms with van der Waals surface area (Å²) in [6.45, 7) is 7.48. The zero-order chi connectivity index (χ0) is 15.7. The van der Waals surface area contributed by atoms with Crippen molar-refractivity contribution in [1.29, 1.82) is 0 Å². The summed E-state index contributed by atoms with van der Waals surface area (Å²) in [5.41, 5.74) is 1.32. The molecule has 1 N–H and O–H groups in total. The Morgan fingerprint density at radius 1 is 1.33 bits per heavy atom. The zero-order valence-electron chi connectivity index (χ0n) is 13.2. The van der Waals surface area contributed by atoms with Crippen LogP contribution in [0.25, 0.3) is 0 Å². The van der Waals surface area contributed by atoms with Gasteiger partial charge >= 0.3 is 0 Å². The minimum Gasteiger partial charge on any atom is -0.493 e. The Bertz CT molecular complexity index is 436. The molecule has 1 aromatic carbocycles. The third kappa shape index (κ3) is 6.08. The van der Waals surface area contributed by atoms with Gasteiger partial charge in [-0.15, -0.1) is 0 Å². The Labute approximate surface area is 136 Å². The molecule has 0 fully saturated rings. The van der Waals surface area contributed by atoms with Gasteiger partial charge in [-0.2, -0.15) is 0 Å². The topological polar surface area (TPSA) is 38.3 Å². The lowest BCUT2D eigenvalue weighted by Gasteiger charge is -2.29. The SMILES string of the molecule is CCC(CC)(CBr)CNC(=O)CCOc1cccc(C)c1. The van der Waals surface area contributed by atoms with Crippen LogP contribution in [0.1, 0.15) is 38.7 Å². The van der Waals surface area contributed by atoms with Crippen molar-refractivity contribution in [1.82, 2.24) is 5.32 Å². The quantitative estimate of drug-likeness (QED) is 0.677. The normalized spacial score (nSPS) is 11.2. The molecule has 4 heteroatoms. The van der Waals surface area contributed by atoms with E-state index in [9.17, 15) is 4.79 Å². The predicted molar refractivity (Wildman–Crippen MR) is 91.1 cm³/mol. The van der Waals surface area contributed by atoms with E-state index in [1.54, 1.807) is 0 Å². The summed E-state index contributed by atoms with van der Waals surface area (Å²) in [5, 5.41) is 3.93. The molecule has 1 amide bonds. The van der Waals surface area contributed by atoms with Crippen LogP contribution in [0.5, 0.6) is 5.75 Å². The first-order valence-corrected chi connectivity index (χ1v) is 8.69. The van der Waals surface area contributed by atoms with Crippen molar-refractivity contribution in [2.75, 3.05) is 18.5 Å². The average molecular weight is 356 g/mol. The fraction of sp³-hybridized carbons (Fsp3) is 0.588. The van der Waals surface area contributed by atoms with Gasteiger partial charge in [0, 0.05) is 11.9 Å². The molecule has 0 aliphatic heterocycles. The minimum absolute atomic E-state index is 0.0508. The van der Waals surface area contributed by atoms with E-state index in [4.69, 9.17) is 4.74 Å². The Balaban J connectivity index is 2.31. The van der Waals surface area contributed by atoms with E-state index >= 15 is 0 Å². The van der Waals surface area contributed by atoms with Crippen molar-refractivity contribution in [2.24, 2.45) is 5.41 Å². The van der Waals surface area contributed by atoms with Gasteiger partial charge in [-0.05, 0) is 42.9 Å². The first-order chi connectivity index (χ1) is 10.0. The maximum Gasteiger partial charge on any atom is 0.223 e. The number of ether oxygens (including phenoxy) is 1. The molecular formula is C17H26BrNO2. The number of amides is 1. The van der Waals surface area contributed by atoms with Gasteiger partial charge in [-0.1, -0.05) is 41.9 Å². The van der Waals surface area contributed by atoms with Crippen LogP contribution < -0.4 is 10.1 Å². The molecule has 0 saturated carbocycles. The van der Waals surface area contributed by atoms with E-state index in [2.05, 4.69) is 35.1 Å². The van der Waals surface area contributed by atoms with Crippen LogP contribution in [-0.2, 0) is 4.79 Å². The number of hydrogen-bond donors (Lipinski definition) is 1. The molecule has 0 aliphatic rings. The Hall–Kier alpha value is -1.03. The van der Waals surface area contributed by atoms with Crippen molar-refractivity contribution in [3.63, 3.8) is 0 Å². The lowest BCUT2D eigenvalue weighted by Crippen LogP contribution is -2.38. The van der Waals surface area contributed by atoms with Crippen molar-refractivity contribution in [3.8, 4) is 5.75 Å². The molecule has 0 saturated heterocycles. The molecule has 0 atom stereocenters. The van der Waals surface area contributed by atoms with Crippen LogP contribution >= 0.6 is 15.9 Å². The number of benzene rings is 1. The lowest BCUT2D eigenvalue weighted by molar-refractivity contribution is -0.122. The number of aryl methyl sites for hydroxylation is 1. The second kappa shape index (κ2) is 9.08. The molecule has 3 nitrogen and oxygen atoms in total. The summed E-state index contributed by atoms with van der Waals surface area (Å²) in [6.07, 6.45) is 2.49. The van der Waals surface area contributed by atoms with Crippen LogP contribution in [-0.4, -0.2) is 24.4 Å². The first kappa shape index (κ1) is 18.0. The fourth-order valence-corrected chi connectivity index (χ4v) is 3.07. The van der Waals surface area contributed by atoms with Crippen molar-refractivity contribution >= 4 is 21.8 Å². The summed E-state index contributed by atoms with van der Waals surface area (Å²) in [4.78, 5) is 11.9. The number of carbonyl (C=O) groups excluding carboxylic acids is 1. The standard InChI is InChI=1S/C17H26BrNO2/c1-4-17(5-2,12-18)13-19-16(20)9-10-21-15-8-6-7-14(3)11-15/h6-8,11H,4-5,9-10,12-13H2,1-3H3,(H,19,20). The highest BCUT2D eigenvalue weighted by Gasteiger charge is 2.25. The summed E-state index contributed by atoms with van der Waals surface area (Å²) in [6, 6.07) is 7.86. The Morgan fingerprint density at radius 2 is 2.05 bits per heavy atom. The number of hydrogen-bond acceptors (Lipinski definition) is 2. The van der Waals surface area contributed by atoms with E-state index in [-0.39, 0.29) is 11.3 Å². The summed E-state index contributed by atoms with van der Waals surface area (Å²) in [7, 11) is 0. The first-order valence-electron chi connectivity index (χ1n) is 7.57. The smallest absolute Gasteiger partial charge is 0.223 e. The highest BCUT2D eigenvalue weighted by Crippen LogP contribution is 2.27. The van der Waals surface area contributed by atoms with Gasteiger partial charge in [0.25, 0.3) is 0 Å². The molecule has 0 aliphatic carbocycles. The van der Waals surface area contributed by atoms with E-state index < -0.39 is 0 Å². The van der Waals surface area contributed by atoms with Gasteiger partial charge < -0.3 is 10.1 Å². The summed E-state index contributed by atoms with van der Waals surface area (Å²) >= 11 is 3.56. The van der Waals surface area contributed by atoms with Gasteiger partial charge in [0.15, 0.2) is 0 Å². The molecule has 0 heterocycles. The predicted octanol–water partition coefficient (Wildman–Crippen LogP) is 4.08. The van der Waals surface area contributed by atoms with Gasteiger partial charge in [-0.3, -0.25) is 4.79 Å². The van der Waals surface area contributed by atoms with Crippen LogP contribution in [0.3, 0.4) is 0 Å². The highest BCUT2D eigenvalue weighted by molar-refractivity contribution is 9.09. The molecule has 1 rings (SSSR count). The van der Waals surface area contributed by atoms with Crippen molar-refractivity contribution < 1.29 is 9.53 Å². The lowest BCUT2D eigenvalue weighted by atomic mass is 9.84. The minimum atomic E-state index is 0.0508. The third-order valence-electron chi connectivity index (χ3n) is 4.03. The molecule has 118 valence electrons.